The first-order valence-electron chi connectivity index (χ1n) is 7.72. The van der Waals surface area contributed by atoms with Crippen LogP contribution in [0, 0.1) is 16.7 Å². The van der Waals surface area contributed by atoms with Crippen LogP contribution in [-0.4, -0.2) is 5.78 Å². The third-order valence-electron chi connectivity index (χ3n) is 4.54. The first-order valence-corrected chi connectivity index (χ1v) is 8.51. The molecule has 0 aromatic heterocycles. The average Bonchev–Trinajstić information content (AvgIpc) is 2.44. The lowest BCUT2D eigenvalue weighted by Gasteiger charge is -2.38. The van der Waals surface area contributed by atoms with Crippen LogP contribution in [0.4, 0.5) is 0 Å². The fourth-order valence-corrected chi connectivity index (χ4v) is 4.02. The second-order valence-electron chi connectivity index (χ2n) is 7.10. The summed E-state index contributed by atoms with van der Waals surface area (Å²) in [7, 11) is 0. The van der Waals surface area contributed by atoms with Crippen molar-refractivity contribution in [1.29, 1.82) is 5.26 Å². The summed E-state index contributed by atoms with van der Waals surface area (Å²) >= 11 is 3.49. The average molecular weight is 371 g/mol. The van der Waals surface area contributed by atoms with Crippen molar-refractivity contribution in [3.05, 3.63) is 56.8 Å². The minimum atomic E-state index is -0.266. The summed E-state index contributed by atoms with van der Waals surface area (Å²) < 4.78 is 0.953. The monoisotopic (exact) mass is 370 g/mol. The van der Waals surface area contributed by atoms with Crippen molar-refractivity contribution in [3.63, 3.8) is 0 Å². The molecule has 1 unspecified atom stereocenters. The number of dihydropyridines is 1. The predicted molar refractivity (Wildman–Crippen MR) is 93.4 cm³/mol. The molecule has 0 fully saturated rings. The molecule has 1 aromatic rings. The topological polar surface area (TPSA) is 52.9 Å². The number of Topliss-reactive ketones (excluding diaryl/α,β-unsaturated/α-hetero) is 1. The Balaban J connectivity index is 2.19. The largest absolute Gasteiger partial charge is 0.361 e. The van der Waals surface area contributed by atoms with Crippen molar-refractivity contribution >= 4 is 21.7 Å². The van der Waals surface area contributed by atoms with Gasteiger partial charge in [0.2, 0.25) is 0 Å². The number of rotatable bonds is 1. The summed E-state index contributed by atoms with van der Waals surface area (Å²) in [5, 5.41) is 13.0. The van der Waals surface area contributed by atoms with Gasteiger partial charge in [-0.3, -0.25) is 4.79 Å². The molecule has 0 radical (unpaired) electrons. The Kier molecular flexibility index (Phi) is 3.93. The summed E-state index contributed by atoms with van der Waals surface area (Å²) in [5.74, 6) is -0.119. The number of ketones is 1. The van der Waals surface area contributed by atoms with Crippen LogP contribution in [0.5, 0.6) is 0 Å². The molecule has 1 aliphatic heterocycles. The third-order valence-corrected chi connectivity index (χ3v) is 5.04. The molecule has 4 heteroatoms. The molecular weight excluding hydrogens is 352 g/mol. The van der Waals surface area contributed by atoms with Gasteiger partial charge in [-0.15, -0.1) is 0 Å². The molecule has 1 aromatic carbocycles. The van der Waals surface area contributed by atoms with Gasteiger partial charge in [0, 0.05) is 27.9 Å². The zero-order valence-corrected chi connectivity index (χ0v) is 15.1. The van der Waals surface area contributed by atoms with Gasteiger partial charge in [0.1, 0.15) is 0 Å². The smallest absolute Gasteiger partial charge is 0.162 e. The van der Waals surface area contributed by atoms with Crippen LogP contribution in [0.3, 0.4) is 0 Å². The number of nitrogens with one attached hydrogen (secondary N) is 1. The summed E-state index contributed by atoms with van der Waals surface area (Å²) in [5.41, 5.74) is 4.17. The van der Waals surface area contributed by atoms with E-state index in [1.165, 1.54) is 0 Å². The number of hydrogen-bond donors (Lipinski definition) is 1. The van der Waals surface area contributed by atoms with Crippen LogP contribution in [0.2, 0.25) is 0 Å². The highest BCUT2D eigenvalue weighted by molar-refractivity contribution is 9.10. The maximum atomic E-state index is 12.8. The van der Waals surface area contributed by atoms with Crippen molar-refractivity contribution in [2.45, 2.75) is 39.5 Å². The molecule has 2 aliphatic rings. The van der Waals surface area contributed by atoms with Gasteiger partial charge >= 0.3 is 0 Å². The summed E-state index contributed by atoms with van der Waals surface area (Å²) in [6, 6.07) is 10.2. The highest BCUT2D eigenvalue weighted by atomic mass is 79.9. The van der Waals surface area contributed by atoms with E-state index in [4.69, 9.17) is 0 Å². The minimum Gasteiger partial charge on any atom is -0.361 e. The lowest BCUT2D eigenvalue weighted by molar-refractivity contribution is -0.118. The second-order valence-corrected chi connectivity index (χ2v) is 8.01. The normalized spacial score (nSPS) is 23.3. The van der Waals surface area contributed by atoms with Gasteiger partial charge in [0.05, 0.1) is 17.6 Å². The van der Waals surface area contributed by atoms with Crippen LogP contribution >= 0.6 is 15.9 Å². The van der Waals surface area contributed by atoms with E-state index in [0.717, 1.165) is 33.4 Å². The molecule has 0 saturated heterocycles. The van der Waals surface area contributed by atoms with Crippen LogP contribution < -0.4 is 5.32 Å². The number of hydrogen-bond acceptors (Lipinski definition) is 3. The molecule has 0 amide bonds. The van der Waals surface area contributed by atoms with Gasteiger partial charge in [-0.25, -0.2) is 0 Å². The van der Waals surface area contributed by atoms with Gasteiger partial charge < -0.3 is 5.32 Å². The summed E-state index contributed by atoms with van der Waals surface area (Å²) in [4.78, 5) is 12.8. The standard InChI is InChI=1S/C19H19BrN2O/c1-11-14(10-21)17(12-5-4-6-13(20)7-12)18-15(22-11)8-19(2,3)9-16(18)23/h4-7,17,22H,8-9H2,1-3H3. The van der Waals surface area contributed by atoms with Crippen molar-refractivity contribution in [2.24, 2.45) is 5.41 Å². The predicted octanol–water partition coefficient (Wildman–Crippen LogP) is 4.58. The van der Waals surface area contributed by atoms with Crippen LogP contribution in [-0.2, 0) is 4.79 Å². The fraction of sp³-hybridized carbons (Fsp3) is 0.368. The van der Waals surface area contributed by atoms with Gasteiger partial charge in [0.25, 0.3) is 0 Å². The Hall–Kier alpha value is -1.86. The van der Waals surface area contributed by atoms with E-state index in [2.05, 4.69) is 41.2 Å². The minimum absolute atomic E-state index is 0.0465. The number of halogens is 1. The first kappa shape index (κ1) is 16.0. The van der Waals surface area contributed by atoms with Gasteiger partial charge in [-0.05, 0) is 36.5 Å². The number of nitriles is 1. The van der Waals surface area contributed by atoms with Gasteiger partial charge in [-0.2, -0.15) is 5.26 Å². The van der Waals surface area contributed by atoms with Crippen LogP contribution in [0.1, 0.15) is 45.1 Å². The molecular formula is C19H19BrN2O. The molecule has 0 saturated carbocycles. The SMILES string of the molecule is CC1=C(C#N)C(c2cccc(Br)c2)C2=C(CC(C)(C)CC2=O)N1. The van der Waals surface area contributed by atoms with Gasteiger partial charge in [0.15, 0.2) is 5.78 Å². The highest BCUT2D eigenvalue weighted by Crippen LogP contribution is 2.46. The van der Waals surface area contributed by atoms with E-state index in [9.17, 15) is 10.1 Å². The molecule has 118 valence electrons. The van der Waals surface area contributed by atoms with Crippen molar-refractivity contribution in [2.75, 3.05) is 0 Å². The number of carbonyl (C=O) groups is 1. The molecule has 23 heavy (non-hydrogen) atoms. The lowest BCUT2D eigenvalue weighted by Crippen LogP contribution is -2.36. The fourth-order valence-electron chi connectivity index (χ4n) is 3.60. The van der Waals surface area contributed by atoms with E-state index < -0.39 is 0 Å². The molecule has 1 N–H and O–H groups in total. The lowest BCUT2D eigenvalue weighted by atomic mass is 9.69. The molecule has 3 rings (SSSR count). The Morgan fingerprint density at radius 1 is 1.35 bits per heavy atom. The van der Waals surface area contributed by atoms with E-state index in [1.54, 1.807) is 0 Å². The van der Waals surface area contributed by atoms with E-state index in [-0.39, 0.29) is 17.1 Å². The molecule has 0 bridgehead atoms. The Morgan fingerprint density at radius 3 is 2.74 bits per heavy atom. The molecule has 3 nitrogen and oxygen atoms in total. The van der Waals surface area contributed by atoms with Gasteiger partial charge in [-0.1, -0.05) is 41.9 Å². The second kappa shape index (κ2) is 5.65. The molecule has 0 spiro atoms. The third kappa shape index (κ3) is 2.86. The summed E-state index contributed by atoms with van der Waals surface area (Å²) in [6.45, 7) is 6.14. The first-order chi connectivity index (χ1) is 10.8. The summed E-state index contributed by atoms with van der Waals surface area (Å²) in [6.07, 6.45) is 1.35. The zero-order chi connectivity index (χ0) is 16.8. The maximum Gasteiger partial charge on any atom is 0.162 e. The number of nitrogens with zero attached hydrogens (tertiary/aromatic N) is 1. The highest BCUT2D eigenvalue weighted by Gasteiger charge is 2.40. The quantitative estimate of drug-likeness (QED) is 0.786. The van der Waals surface area contributed by atoms with Crippen LogP contribution in [0.15, 0.2) is 51.3 Å². The van der Waals surface area contributed by atoms with E-state index in [1.807, 2.05) is 31.2 Å². The van der Waals surface area contributed by atoms with Crippen LogP contribution in [0.25, 0.3) is 0 Å². The zero-order valence-electron chi connectivity index (χ0n) is 13.5. The number of benzene rings is 1. The van der Waals surface area contributed by atoms with E-state index >= 15 is 0 Å². The van der Waals surface area contributed by atoms with Crippen molar-refractivity contribution < 1.29 is 4.79 Å². The molecule has 1 atom stereocenters. The Morgan fingerprint density at radius 2 is 2.09 bits per heavy atom. The maximum absolute atomic E-state index is 12.8. The Bertz CT molecular complexity index is 796. The Labute approximate surface area is 145 Å². The van der Waals surface area contributed by atoms with Crippen molar-refractivity contribution in [3.8, 4) is 6.07 Å². The number of carbonyl (C=O) groups excluding carboxylic acids is 1. The van der Waals surface area contributed by atoms with E-state index in [0.29, 0.717) is 12.0 Å². The number of allylic oxidation sites excluding steroid dienone is 4. The van der Waals surface area contributed by atoms with Crippen molar-refractivity contribution in [1.82, 2.24) is 5.32 Å². The molecule has 1 aliphatic carbocycles. The molecule has 1 heterocycles.